The minimum absolute atomic E-state index is 0.148. The summed E-state index contributed by atoms with van der Waals surface area (Å²) >= 11 is 1.44. The molecule has 164 valence electrons. The van der Waals surface area contributed by atoms with Crippen LogP contribution in [0.25, 0.3) is 21.7 Å². The number of hydrogen-bond donors (Lipinski definition) is 2. The summed E-state index contributed by atoms with van der Waals surface area (Å²) in [5.41, 5.74) is 4.98. The summed E-state index contributed by atoms with van der Waals surface area (Å²) in [7, 11) is 0. The van der Waals surface area contributed by atoms with Gasteiger partial charge < -0.3 is 10.2 Å². The van der Waals surface area contributed by atoms with Crippen molar-refractivity contribution in [2.24, 2.45) is 0 Å². The van der Waals surface area contributed by atoms with Crippen molar-refractivity contribution in [1.29, 1.82) is 5.26 Å². The van der Waals surface area contributed by atoms with Gasteiger partial charge in [0.25, 0.3) is 0 Å². The van der Waals surface area contributed by atoms with Gasteiger partial charge in [-0.25, -0.2) is 9.78 Å². The Bertz CT molecular complexity index is 1170. The number of rotatable bonds is 3. The van der Waals surface area contributed by atoms with E-state index in [9.17, 15) is 10.1 Å². The standard InChI is InChI=1S/C24H26N6OS/c1-14-8-20(9-15(2)26-14)22-21(19-7-5-6-18(10-19)11-25)28-23(32-22)29-24(31)30-12-16(3)27-17(4)13-30/h5-10,16-17,27H,12-13H2,1-4H3,(H,28,29,31)/t16-,17?/m1/s1. The van der Waals surface area contributed by atoms with Crippen LogP contribution < -0.4 is 10.6 Å². The lowest BCUT2D eigenvalue weighted by Crippen LogP contribution is -2.56. The van der Waals surface area contributed by atoms with E-state index in [1.807, 2.05) is 49.1 Å². The number of carbonyl (C=O) groups is 1. The Balaban J connectivity index is 1.72. The third-order valence-electron chi connectivity index (χ3n) is 5.29. The molecule has 2 N–H and O–H groups in total. The maximum Gasteiger partial charge on any atom is 0.323 e. The van der Waals surface area contributed by atoms with Gasteiger partial charge in [-0.15, -0.1) is 0 Å². The minimum Gasteiger partial charge on any atom is -0.321 e. The molecule has 4 rings (SSSR count). The van der Waals surface area contributed by atoms with Gasteiger partial charge in [-0.2, -0.15) is 5.26 Å². The fourth-order valence-corrected chi connectivity index (χ4v) is 5.09. The SMILES string of the molecule is Cc1cc(-c2sc(NC(=O)N3CC(C)N[C@H](C)C3)nc2-c2cccc(C#N)c2)cc(C)n1. The Morgan fingerprint density at radius 1 is 1.12 bits per heavy atom. The van der Waals surface area contributed by atoms with Gasteiger partial charge in [-0.1, -0.05) is 23.5 Å². The summed E-state index contributed by atoms with van der Waals surface area (Å²) in [5, 5.41) is 16.3. The van der Waals surface area contributed by atoms with Crippen molar-refractivity contribution < 1.29 is 4.79 Å². The zero-order valence-electron chi connectivity index (χ0n) is 18.6. The smallest absolute Gasteiger partial charge is 0.321 e. The lowest BCUT2D eigenvalue weighted by Gasteiger charge is -2.35. The number of amides is 2. The highest BCUT2D eigenvalue weighted by Crippen LogP contribution is 2.39. The van der Waals surface area contributed by atoms with Crippen molar-refractivity contribution in [3.63, 3.8) is 0 Å². The van der Waals surface area contributed by atoms with Gasteiger partial charge in [0.05, 0.1) is 22.2 Å². The maximum absolute atomic E-state index is 13.0. The fourth-order valence-electron chi connectivity index (χ4n) is 4.13. The van der Waals surface area contributed by atoms with Crippen LogP contribution >= 0.6 is 11.3 Å². The Hall–Kier alpha value is -3.28. The molecule has 0 aliphatic carbocycles. The van der Waals surface area contributed by atoms with Gasteiger partial charge in [0.1, 0.15) is 0 Å². The number of aromatic nitrogens is 2. The molecule has 8 heteroatoms. The molecule has 32 heavy (non-hydrogen) atoms. The first kappa shape index (κ1) is 21.9. The van der Waals surface area contributed by atoms with Crippen molar-refractivity contribution in [1.82, 2.24) is 20.2 Å². The first-order valence-corrected chi connectivity index (χ1v) is 11.4. The second-order valence-corrected chi connectivity index (χ2v) is 9.33. The second-order valence-electron chi connectivity index (χ2n) is 8.33. The van der Waals surface area contributed by atoms with E-state index >= 15 is 0 Å². The number of hydrogen-bond acceptors (Lipinski definition) is 6. The van der Waals surface area contributed by atoms with Crippen LogP contribution in [0, 0.1) is 25.2 Å². The number of aryl methyl sites for hydroxylation is 2. The fraction of sp³-hybridized carbons (Fsp3) is 0.333. The minimum atomic E-state index is -0.148. The number of benzene rings is 1. The zero-order valence-corrected chi connectivity index (χ0v) is 19.5. The molecular weight excluding hydrogens is 420 g/mol. The molecular formula is C24H26N6OS. The van der Waals surface area contributed by atoms with E-state index in [1.165, 1.54) is 11.3 Å². The van der Waals surface area contributed by atoms with E-state index in [2.05, 4.69) is 35.5 Å². The van der Waals surface area contributed by atoms with Crippen molar-refractivity contribution in [3.8, 4) is 27.8 Å². The predicted octanol–water partition coefficient (Wildman–Crippen LogP) is 4.57. The number of urea groups is 1. The highest BCUT2D eigenvalue weighted by Gasteiger charge is 2.26. The highest BCUT2D eigenvalue weighted by atomic mass is 32.1. The van der Waals surface area contributed by atoms with Crippen molar-refractivity contribution in [2.75, 3.05) is 18.4 Å². The number of nitriles is 1. The molecule has 2 aromatic heterocycles. The number of piperazine rings is 1. The summed E-state index contributed by atoms with van der Waals surface area (Å²) < 4.78 is 0. The van der Waals surface area contributed by atoms with E-state index in [-0.39, 0.29) is 18.1 Å². The first-order valence-electron chi connectivity index (χ1n) is 10.6. The Morgan fingerprint density at radius 2 is 1.81 bits per heavy atom. The molecule has 2 atom stereocenters. The summed E-state index contributed by atoms with van der Waals surface area (Å²) in [6, 6.07) is 13.9. The average Bonchev–Trinajstić information content (AvgIpc) is 3.16. The van der Waals surface area contributed by atoms with E-state index in [4.69, 9.17) is 4.98 Å². The number of thiazole rings is 1. The molecule has 0 saturated carbocycles. The molecule has 0 spiro atoms. The van der Waals surface area contributed by atoms with Gasteiger partial charge in [-0.3, -0.25) is 10.3 Å². The molecule has 0 radical (unpaired) electrons. The summed E-state index contributed by atoms with van der Waals surface area (Å²) in [6.45, 7) is 9.37. The van der Waals surface area contributed by atoms with Crippen LogP contribution in [-0.2, 0) is 0 Å². The number of nitrogens with one attached hydrogen (secondary N) is 2. The number of anilines is 1. The van der Waals surface area contributed by atoms with Crippen LogP contribution in [0.5, 0.6) is 0 Å². The van der Waals surface area contributed by atoms with Crippen LogP contribution in [-0.4, -0.2) is 46.1 Å². The van der Waals surface area contributed by atoms with Crippen LogP contribution in [0.15, 0.2) is 36.4 Å². The lowest BCUT2D eigenvalue weighted by atomic mass is 10.0. The van der Waals surface area contributed by atoms with E-state index in [0.717, 1.165) is 33.1 Å². The topological polar surface area (TPSA) is 93.9 Å². The van der Waals surface area contributed by atoms with Gasteiger partial charge in [0.15, 0.2) is 5.13 Å². The first-order chi connectivity index (χ1) is 15.3. The quantitative estimate of drug-likeness (QED) is 0.614. The number of carbonyl (C=O) groups excluding carboxylic acids is 1. The lowest BCUT2D eigenvalue weighted by molar-refractivity contribution is 0.176. The van der Waals surface area contributed by atoms with Crippen molar-refractivity contribution in [3.05, 3.63) is 53.3 Å². The molecule has 1 aliphatic rings. The molecule has 1 aliphatic heterocycles. The van der Waals surface area contributed by atoms with Gasteiger partial charge in [-0.05, 0) is 57.5 Å². The third kappa shape index (κ3) is 4.79. The third-order valence-corrected chi connectivity index (χ3v) is 6.31. The normalized spacial score (nSPS) is 18.3. The van der Waals surface area contributed by atoms with Gasteiger partial charge >= 0.3 is 6.03 Å². The molecule has 1 saturated heterocycles. The van der Waals surface area contributed by atoms with Crippen LogP contribution in [0.2, 0.25) is 0 Å². The van der Waals surface area contributed by atoms with Crippen LogP contribution in [0.3, 0.4) is 0 Å². The second kappa shape index (κ2) is 9.07. The molecule has 0 bridgehead atoms. The maximum atomic E-state index is 13.0. The predicted molar refractivity (Wildman–Crippen MR) is 128 cm³/mol. The molecule has 1 aromatic carbocycles. The summed E-state index contributed by atoms with van der Waals surface area (Å²) in [4.78, 5) is 25.0. The van der Waals surface area contributed by atoms with Crippen LogP contribution in [0.4, 0.5) is 9.93 Å². The summed E-state index contributed by atoms with van der Waals surface area (Å²) in [6.07, 6.45) is 0. The highest BCUT2D eigenvalue weighted by molar-refractivity contribution is 7.19. The monoisotopic (exact) mass is 446 g/mol. The zero-order chi connectivity index (χ0) is 22.8. The largest absolute Gasteiger partial charge is 0.323 e. The van der Waals surface area contributed by atoms with Crippen molar-refractivity contribution >= 4 is 22.5 Å². The number of pyridine rings is 1. The average molecular weight is 447 g/mol. The van der Waals surface area contributed by atoms with Gasteiger partial charge in [0.2, 0.25) is 0 Å². The summed E-state index contributed by atoms with van der Waals surface area (Å²) in [5.74, 6) is 0. The molecule has 3 aromatic rings. The van der Waals surface area contributed by atoms with E-state index < -0.39 is 0 Å². The molecule has 1 fully saturated rings. The van der Waals surface area contributed by atoms with E-state index in [1.54, 1.807) is 6.07 Å². The van der Waals surface area contributed by atoms with Gasteiger partial charge in [0, 0.05) is 42.1 Å². The van der Waals surface area contributed by atoms with E-state index in [0.29, 0.717) is 23.8 Å². The molecule has 1 unspecified atom stereocenters. The van der Waals surface area contributed by atoms with Crippen molar-refractivity contribution in [2.45, 2.75) is 39.8 Å². The molecule has 3 heterocycles. The Morgan fingerprint density at radius 3 is 2.47 bits per heavy atom. The molecule has 7 nitrogen and oxygen atoms in total. The molecule has 2 amide bonds. The Labute approximate surface area is 192 Å². The van der Waals surface area contributed by atoms with Crippen LogP contribution in [0.1, 0.15) is 30.8 Å². The number of nitrogens with zero attached hydrogens (tertiary/aromatic N) is 4. The Kier molecular flexibility index (Phi) is 6.21.